The zero-order valence-corrected chi connectivity index (χ0v) is 14.1. The first kappa shape index (κ1) is 15.2. The van der Waals surface area contributed by atoms with Gasteiger partial charge in [0, 0.05) is 12.7 Å². The molecule has 0 amide bonds. The van der Waals surface area contributed by atoms with Crippen LogP contribution in [0.5, 0.6) is 11.5 Å². The molecule has 3 aromatic rings. The first-order chi connectivity index (χ1) is 11.6. The van der Waals surface area contributed by atoms with E-state index in [-0.39, 0.29) is 17.7 Å². The van der Waals surface area contributed by atoms with Gasteiger partial charge < -0.3 is 20.3 Å². The van der Waals surface area contributed by atoms with Crippen molar-refractivity contribution in [2.45, 2.75) is 19.1 Å². The minimum atomic E-state index is -0.0844. The number of ether oxygens (including phenoxy) is 1. The minimum absolute atomic E-state index is 0.00533. The highest BCUT2D eigenvalue weighted by molar-refractivity contribution is 9.10. The van der Waals surface area contributed by atoms with Gasteiger partial charge in [0.2, 0.25) is 4.73 Å². The van der Waals surface area contributed by atoms with E-state index >= 15 is 0 Å². The van der Waals surface area contributed by atoms with E-state index in [1.807, 2.05) is 4.57 Å². The maximum Gasteiger partial charge on any atom is 0.200 e. The standard InChI is InChI=1S/C15H14BrN5O3/c16-15-19-13(18-9-6-8(22)3-4-10(9)23)12-14(20-15)21(7-17-12)11-2-1-5-24-11/h3-4,6-7,11,22-23H,1-2,5H2,(H,18,19,20). The summed E-state index contributed by atoms with van der Waals surface area (Å²) >= 11 is 3.30. The van der Waals surface area contributed by atoms with Crippen molar-refractivity contribution in [3.05, 3.63) is 29.3 Å². The molecule has 0 saturated carbocycles. The predicted molar refractivity (Wildman–Crippen MR) is 90.3 cm³/mol. The number of rotatable bonds is 3. The third-order valence-corrected chi connectivity index (χ3v) is 4.20. The third kappa shape index (κ3) is 2.65. The highest BCUT2D eigenvalue weighted by Crippen LogP contribution is 2.33. The molecule has 124 valence electrons. The van der Waals surface area contributed by atoms with Gasteiger partial charge in [-0.05, 0) is 40.9 Å². The zero-order valence-electron chi connectivity index (χ0n) is 12.5. The van der Waals surface area contributed by atoms with E-state index in [9.17, 15) is 10.2 Å². The number of aromatic hydroxyl groups is 2. The summed E-state index contributed by atoms with van der Waals surface area (Å²) < 4.78 is 7.96. The molecule has 0 radical (unpaired) electrons. The second-order valence-corrected chi connectivity index (χ2v) is 6.17. The fraction of sp³-hybridized carbons (Fsp3) is 0.267. The van der Waals surface area contributed by atoms with Gasteiger partial charge in [0.25, 0.3) is 0 Å². The van der Waals surface area contributed by atoms with Gasteiger partial charge >= 0.3 is 0 Å². The van der Waals surface area contributed by atoms with Gasteiger partial charge in [0.1, 0.15) is 17.7 Å². The smallest absolute Gasteiger partial charge is 0.200 e. The lowest BCUT2D eigenvalue weighted by atomic mass is 10.2. The zero-order chi connectivity index (χ0) is 16.7. The van der Waals surface area contributed by atoms with Crippen molar-refractivity contribution in [2.24, 2.45) is 0 Å². The molecule has 1 saturated heterocycles. The number of nitrogens with one attached hydrogen (secondary N) is 1. The molecule has 4 rings (SSSR count). The first-order valence-corrected chi connectivity index (χ1v) is 8.22. The number of imidazole rings is 1. The second kappa shape index (κ2) is 5.91. The molecule has 3 heterocycles. The number of nitrogens with zero attached hydrogens (tertiary/aromatic N) is 4. The molecule has 1 atom stereocenters. The fourth-order valence-corrected chi connectivity index (χ4v) is 3.06. The van der Waals surface area contributed by atoms with Crippen molar-refractivity contribution in [2.75, 3.05) is 11.9 Å². The summed E-state index contributed by atoms with van der Waals surface area (Å²) in [6, 6.07) is 4.21. The van der Waals surface area contributed by atoms with Gasteiger partial charge in [-0.25, -0.2) is 15.0 Å². The van der Waals surface area contributed by atoms with Crippen LogP contribution in [0.15, 0.2) is 29.3 Å². The Bertz CT molecular complexity index is 908. The average molecular weight is 392 g/mol. The van der Waals surface area contributed by atoms with Crippen molar-refractivity contribution in [3.63, 3.8) is 0 Å². The monoisotopic (exact) mass is 391 g/mol. The highest BCUT2D eigenvalue weighted by Gasteiger charge is 2.22. The van der Waals surface area contributed by atoms with Crippen LogP contribution < -0.4 is 5.32 Å². The van der Waals surface area contributed by atoms with Crippen molar-refractivity contribution < 1.29 is 14.9 Å². The second-order valence-electron chi connectivity index (χ2n) is 5.46. The Morgan fingerprint density at radius 1 is 1.29 bits per heavy atom. The van der Waals surface area contributed by atoms with Crippen LogP contribution in [-0.4, -0.2) is 36.3 Å². The largest absolute Gasteiger partial charge is 0.508 e. The molecule has 3 N–H and O–H groups in total. The van der Waals surface area contributed by atoms with Crippen molar-refractivity contribution in [1.29, 1.82) is 0 Å². The summed E-state index contributed by atoms with van der Waals surface area (Å²) in [4.78, 5) is 13.1. The number of phenols is 2. The van der Waals surface area contributed by atoms with E-state index < -0.39 is 0 Å². The van der Waals surface area contributed by atoms with Crippen molar-refractivity contribution in [1.82, 2.24) is 19.5 Å². The highest BCUT2D eigenvalue weighted by atomic mass is 79.9. The summed E-state index contributed by atoms with van der Waals surface area (Å²) in [5, 5.41) is 22.5. The Morgan fingerprint density at radius 2 is 2.17 bits per heavy atom. The molecule has 1 aromatic carbocycles. The van der Waals surface area contributed by atoms with Crippen molar-refractivity contribution >= 4 is 38.6 Å². The molecule has 1 aliphatic heterocycles. The Labute approximate surface area is 145 Å². The number of hydrogen-bond donors (Lipinski definition) is 3. The quantitative estimate of drug-likeness (QED) is 0.357. The number of benzene rings is 1. The normalized spacial score (nSPS) is 17.5. The number of aromatic nitrogens is 4. The number of halogens is 1. The van der Waals surface area contributed by atoms with E-state index in [0.29, 0.717) is 27.4 Å². The fourth-order valence-electron chi connectivity index (χ4n) is 2.72. The molecule has 0 bridgehead atoms. The molecule has 1 aliphatic rings. The lowest BCUT2D eigenvalue weighted by Gasteiger charge is -2.12. The molecular formula is C15H14BrN5O3. The summed E-state index contributed by atoms with van der Waals surface area (Å²) in [7, 11) is 0. The topological polar surface area (TPSA) is 105 Å². The number of hydrogen-bond acceptors (Lipinski definition) is 7. The molecule has 1 fully saturated rings. The van der Waals surface area contributed by atoms with Crippen LogP contribution in [0.3, 0.4) is 0 Å². The third-order valence-electron chi connectivity index (χ3n) is 3.84. The maximum absolute atomic E-state index is 9.94. The Morgan fingerprint density at radius 3 is 2.96 bits per heavy atom. The van der Waals surface area contributed by atoms with E-state index in [0.717, 1.165) is 19.4 Å². The molecule has 24 heavy (non-hydrogen) atoms. The minimum Gasteiger partial charge on any atom is -0.508 e. The van der Waals surface area contributed by atoms with Crippen LogP contribution >= 0.6 is 15.9 Å². The van der Waals surface area contributed by atoms with Gasteiger partial charge in [-0.2, -0.15) is 0 Å². The molecular weight excluding hydrogens is 378 g/mol. The van der Waals surface area contributed by atoms with Crippen LogP contribution in [0.2, 0.25) is 0 Å². The summed E-state index contributed by atoms with van der Waals surface area (Å²) in [6.07, 6.45) is 3.50. The maximum atomic E-state index is 9.94. The molecule has 9 heteroatoms. The number of phenolic OH excluding ortho intramolecular Hbond substituents is 2. The van der Waals surface area contributed by atoms with Crippen molar-refractivity contribution in [3.8, 4) is 11.5 Å². The molecule has 1 unspecified atom stereocenters. The van der Waals surface area contributed by atoms with Gasteiger partial charge in [-0.1, -0.05) is 0 Å². The molecule has 0 aliphatic carbocycles. The van der Waals surface area contributed by atoms with Gasteiger partial charge in [0.15, 0.2) is 17.0 Å². The van der Waals surface area contributed by atoms with Gasteiger partial charge in [-0.15, -0.1) is 0 Å². The molecule has 0 spiro atoms. The van der Waals surface area contributed by atoms with Crippen LogP contribution in [0, 0.1) is 0 Å². The number of fused-ring (bicyclic) bond motifs is 1. The SMILES string of the molecule is Oc1ccc(O)c(Nc2nc(Br)nc3c2ncn3C2CCCO2)c1. The summed E-state index contributed by atoms with van der Waals surface area (Å²) in [5.74, 6) is 0.448. The van der Waals surface area contributed by atoms with E-state index in [1.54, 1.807) is 6.33 Å². The van der Waals surface area contributed by atoms with Gasteiger partial charge in [-0.3, -0.25) is 4.57 Å². The van der Waals surface area contributed by atoms with E-state index in [2.05, 4.69) is 36.2 Å². The Hall–Kier alpha value is -2.39. The van der Waals surface area contributed by atoms with Crippen LogP contribution in [0.25, 0.3) is 11.2 Å². The van der Waals surface area contributed by atoms with E-state index in [4.69, 9.17) is 4.74 Å². The average Bonchev–Trinajstić information content (AvgIpc) is 3.19. The first-order valence-electron chi connectivity index (χ1n) is 7.42. The van der Waals surface area contributed by atoms with E-state index in [1.165, 1.54) is 18.2 Å². The molecule has 2 aromatic heterocycles. The lowest BCUT2D eigenvalue weighted by Crippen LogP contribution is -2.07. The Balaban J connectivity index is 1.79. The predicted octanol–water partition coefficient (Wildman–Crippen LogP) is 3.05. The molecule has 8 nitrogen and oxygen atoms in total. The van der Waals surface area contributed by atoms with Gasteiger partial charge in [0.05, 0.1) is 12.0 Å². The van der Waals surface area contributed by atoms with Crippen LogP contribution in [0.4, 0.5) is 11.5 Å². The van der Waals surface area contributed by atoms with Crippen LogP contribution in [0.1, 0.15) is 19.1 Å². The Kier molecular flexibility index (Phi) is 3.73. The summed E-state index contributed by atoms with van der Waals surface area (Å²) in [5.41, 5.74) is 1.51. The summed E-state index contributed by atoms with van der Waals surface area (Å²) in [6.45, 7) is 0.721. The number of anilines is 2. The lowest BCUT2D eigenvalue weighted by molar-refractivity contribution is 0.0592. The van der Waals surface area contributed by atoms with Crippen LogP contribution in [-0.2, 0) is 4.74 Å².